The Morgan fingerprint density at radius 2 is 1.72 bits per heavy atom. The van der Waals surface area contributed by atoms with Crippen LogP contribution < -0.4 is 0 Å². The third-order valence-electron chi connectivity index (χ3n) is 10.8. The van der Waals surface area contributed by atoms with Gasteiger partial charge >= 0.3 is 5.97 Å². The molecule has 0 N–H and O–H groups in total. The lowest BCUT2D eigenvalue weighted by atomic mass is 9.44. The molecule has 29 heavy (non-hydrogen) atoms. The molecule has 0 radical (unpaired) electrons. The molecule has 0 aliphatic heterocycles. The Morgan fingerprint density at radius 3 is 2.41 bits per heavy atom. The molecule has 0 aromatic carbocycles. The monoisotopic (exact) mass is 402 g/mol. The summed E-state index contributed by atoms with van der Waals surface area (Å²) in [5.74, 6) is 3.21. The molecule has 4 fully saturated rings. The highest BCUT2D eigenvalue weighted by Gasteiger charge is 2.65. The molecule has 0 bridgehead atoms. The van der Waals surface area contributed by atoms with E-state index >= 15 is 0 Å². The van der Waals surface area contributed by atoms with E-state index in [9.17, 15) is 9.59 Å². The predicted molar refractivity (Wildman–Crippen MR) is 115 cm³/mol. The van der Waals surface area contributed by atoms with E-state index in [4.69, 9.17) is 4.74 Å². The highest BCUT2D eigenvalue weighted by atomic mass is 16.6. The molecule has 4 aliphatic carbocycles. The van der Waals surface area contributed by atoms with Gasteiger partial charge in [0.1, 0.15) is 11.4 Å². The number of fused-ring (bicyclic) bond motifs is 5. The van der Waals surface area contributed by atoms with Gasteiger partial charge in [-0.3, -0.25) is 9.59 Å². The fraction of sp³-hybridized carbons (Fsp3) is 0.923. The van der Waals surface area contributed by atoms with Crippen LogP contribution in [-0.2, 0) is 14.3 Å². The number of carbonyl (C=O) groups is 2. The maximum absolute atomic E-state index is 13.0. The largest absolute Gasteiger partial charge is 0.458 e. The van der Waals surface area contributed by atoms with Gasteiger partial charge in [0.05, 0.1) is 5.41 Å². The van der Waals surface area contributed by atoms with Crippen LogP contribution in [0.25, 0.3) is 0 Å². The molecule has 0 aromatic rings. The second-order valence-electron chi connectivity index (χ2n) is 12.3. The average Bonchev–Trinajstić information content (AvgIpc) is 2.93. The number of ether oxygens (including phenoxy) is 1. The Balaban J connectivity index is 1.57. The van der Waals surface area contributed by atoms with Crippen molar-refractivity contribution in [2.45, 2.75) is 111 Å². The number of Topliss-reactive ketones (excluding diaryl/α,β-unsaturated/α-hetero) is 1. The highest BCUT2D eigenvalue weighted by molar-refractivity contribution is 5.79. The van der Waals surface area contributed by atoms with E-state index < -0.39 is 5.41 Å². The van der Waals surface area contributed by atoms with E-state index in [0.29, 0.717) is 23.0 Å². The van der Waals surface area contributed by atoms with Gasteiger partial charge in [0.25, 0.3) is 0 Å². The minimum absolute atomic E-state index is 0.0204. The van der Waals surface area contributed by atoms with E-state index in [2.05, 4.69) is 27.7 Å². The van der Waals surface area contributed by atoms with Gasteiger partial charge in [0.15, 0.2) is 0 Å². The Kier molecular flexibility index (Phi) is 5.03. The minimum atomic E-state index is -0.408. The topological polar surface area (TPSA) is 43.4 Å². The first-order chi connectivity index (χ1) is 13.5. The summed E-state index contributed by atoms with van der Waals surface area (Å²) < 4.78 is 6.37. The first-order valence-corrected chi connectivity index (χ1v) is 12.2. The Labute approximate surface area is 177 Å². The van der Waals surface area contributed by atoms with E-state index in [1.165, 1.54) is 25.7 Å². The Hall–Kier alpha value is -0.860. The molecule has 3 nitrogen and oxygen atoms in total. The van der Waals surface area contributed by atoms with Crippen LogP contribution in [0.4, 0.5) is 0 Å². The zero-order valence-corrected chi connectivity index (χ0v) is 19.6. The van der Waals surface area contributed by atoms with E-state index in [1.54, 1.807) is 0 Å². The summed E-state index contributed by atoms with van der Waals surface area (Å²) in [5.41, 5.74) is -0.319. The summed E-state index contributed by atoms with van der Waals surface area (Å²) in [7, 11) is 0. The molecular weight excluding hydrogens is 360 g/mol. The number of esters is 1. The van der Waals surface area contributed by atoms with Gasteiger partial charge in [0.2, 0.25) is 0 Å². The molecule has 3 heteroatoms. The van der Waals surface area contributed by atoms with Crippen molar-refractivity contribution in [3.05, 3.63) is 0 Å². The first kappa shape index (κ1) is 21.4. The standard InChI is InChI=1S/C26H42O3/c1-7-23(2,3)22(28)29-26(6)15-12-21-19-9-8-17-16-18(27)10-13-24(17,4)20(19)11-14-25(21,26)5/h17,19-21H,7-16H2,1-6H3/t17?,19?,20-,21-,24-,25-,26?/m0/s1. The molecular formula is C26H42O3. The number of hydrogen-bond acceptors (Lipinski definition) is 3. The van der Waals surface area contributed by atoms with Crippen LogP contribution in [0.15, 0.2) is 0 Å². The van der Waals surface area contributed by atoms with Crippen molar-refractivity contribution in [1.29, 1.82) is 0 Å². The van der Waals surface area contributed by atoms with Gasteiger partial charge in [-0.15, -0.1) is 0 Å². The van der Waals surface area contributed by atoms with E-state index in [1.807, 2.05) is 13.8 Å². The van der Waals surface area contributed by atoms with Crippen LogP contribution in [0.2, 0.25) is 0 Å². The third kappa shape index (κ3) is 3.04. The third-order valence-corrected chi connectivity index (χ3v) is 10.8. The fourth-order valence-corrected chi connectivity index (χ4v) is 7.93. The normalized spacial score (nSPS) is 47.2. The van der Waals surface area contributed by atoms with Crippen molar-refractivity contribution in [2.75, 3.05) is 0 Å². The van der Waals surface area contributed by atoms with Crippen molar-refractivity contribution in [2.24, 2.45) is 39.9 Å². The molecule has 0 heterocycles. The minimum Gasteiger partial charge on any atom is -0.458 e. The second-order valence-corrected chi connectivity index (χ2v) is 12.3. The van der Waals surface area contributed by atoms with E-state index in [0.717, 1.165) is 50.4 Å². The molecule has 0 amide bonds. The number of ketones is 1. The lowest BCUT2D eigenvalue weighted by Gasteiger charge is -2.61. The van der Waals surface area contributed by atoms with Crippen LogP contribution in [0.3, 0.4) is 0 Å². The zero-order chi connectivity index (χ0) is 21.2. The summed E-state index contributed by atoms with van der Waals surface area (Å²) in [6, 6.07) is 0. The Bertz CT molecular complexity index is 696. The molecule has 4 aliphatic rings. The first-order valence-electron chi connectivity index (χ1n) is 12.2. The average molecular weight is 403 g/mol. The molecule has 4 rings (SSSR count). The van der Waals surface area contributed by atoms with Gasteiger partial charge in [-0.2, -0.15) is 0 Å². The fourth-order valence-electron chi connectivity index (χ4n) is 7.93. The van der Waals surface area contributed by atoms with Gasteiger partial charge in [-0.1, -0.05) is 20.8 Å². The summed E-state index contributed by atoms with van der Waals surface area (Å²) in [6.07, 6.45) is 10.6. The molecule has 7 atom stereocenters. The number of carbonyl (C=O) groups excluding carboxylic acids is 2. The van der Waals surface area contributed by atoms with Crippen LogP contribution in [0.1, 0.15) is 106 Å². The molecule has 164 valence electrons. The highest BCUT2D eigenvalue weighted by Crippen LogP contribution is 2.68. The summed E-state index contributed by atoms with van der Waals surface area (Å²) >= 11 is 0. The second kappa shape index (κ2) is 6.82. The quantitative estimate of drug-likeness (QED) is 0.518. The van der Waals surface area contributed by atoms with Gasteiger partial charge < -0.3 is 4.74 Å². The van der Waals surface area contributed by atoms with Crippen LogP contribution in [0.5, 0.6) is 0 Å². The van der Waals surface area contributed by atoms with Gasteiger partial charge in [-0.05, 0) is 101 Å². The Morgan fingerprint density at radius 1 is 1.03 bits per heavy atom. The van der Waals surface area contributed by atoms with Crippen molar-refractivity contribution in [1.82, 2.24) is 0 Å². The SMILES string of the molecule is CCC(C)(C)C(=O)OC1(C)CC[C@H]2C3CCC4CC(=O)CC[C@]4(C)[C@H]3CC[C@@]21C. The summed E-state index contributed by atoms with van der Waals surface area (Å²) in [6.45, 7) is 13.2. The van der Waals surface area contributed by atoms with Crippen molar-refractivity contribution >= 4 is 11.8 Å². The van der Waals surface area contributed by atoms with Crippen molar-refractivity contribution in [3.8, 4) is 0 Å². The smallest absolute Gasteiger partial charge is 0.312 e. The molecule has 3 unspecified atom stereocenters. The van der Waals surface area contributed by atoms with Crippen LogP contribution >= 0.6 is 0 Å². The van der Waals surface area contributed by atoms with Gasteiger partial charge in [-0.25, -0.2) is 0 Å². The summed E-state index contributed by atoms with van der Waals surface area (Å²) in [5, 5.41) is 0. The predicted octanol–water partition coefficient (Wildman–Crippen LogP) is 6.34. The molecule has 0 aromatic heterocycles. The number of hydrogen-bond donors (Lipinski definition) is 0. The summed E-state index contributed by atoms with van der Waals surface area (Å²) in [4.78, 5) is 25.1. The zero-order valence-electron chi connectivity index (χ0n) is 19.6. The lowest BCUT2D eigenvalue weighted by Crippen LogP contribution is -2.57. The molecule has 0 spiro atoms. The van der Waals surface area contributed by atoms with Crippen LogP contribution in [0, 0.1) is 39.9 Å². The van der Waals surface area contributed by atoms with Crippen molar-refractivity contribution in [3.63, 3.8) is 0 Å². The van der Waals surface area contributed by atoms with Crippen LogP contribution in [-0.4, -0.2) is 17.4 Å². The maximum atomic E-state index is 13.0. The molecule has 4 saturated carbocycles. The number of rotatable bonds is 3. The van der Waals surface area contributed by atoms with Crippen molar-refractivity contribution < 1.29 is 14.3 Å². The maximum Gasteiger partial charge on any atom is 0.312 e. The van der Waals surface area contributed by atoms with E-state index in [-0.39, 0.29) is 17.0 Å². The van der Waals surface area contributed by atoms with Gasteiger partial charge in [0, 0.05) is 18.3 Å². The lowest BCUT2D eigenvalue weighted by molar-refractivity contribution is -0.193. The molecule has 0 saturated heterocycles.